The summed E-state index contributed by atoms with van der Waals surface area (Å²) in [5, 5.41) is 11.6. The van der Waals surface area contributed by atoms with E-state index in [4.69, 9.17) is 5.26 Å². The lowest BCUT2D eigenvalue weighted by Crippen LogP contribution is -2.51. The fourth-order valence-electron chi connectivity index (χ4n) is 1.65. The van der Waals surface area contributed by atoms with Crippen molar-refractivity contribution in [2.45, 2.75) is 19.1 Å². The first kappa shape index (κ1) is 12.3. The summed E-state index contributed by atoms with van der Waals surface area (Å²) >= 11 is 0. The van der Waals surface area contributed by atoms with Crippen LogP contribution in [0.25, 0.3) is 0 Å². The Labute approximate surface area is 86.9 Å². The van der Waals surface area contributed by atoms with Crippen LogP contribution in [0, 0.1) is 17.2 Å². The molecule has 1 aliphatic rings. The Kier molecular flexibility index (Phi) is 3.94. The summed E-state index contributed by atoms with van der Waals surface area (Å²) in [5.74, 6) is -1.87. The standard InChI is InChI=1S/C9H14F3N3/c1-7-5-15(3-2-14-7)6-8(4-13)9(10,11)12/h7-8,14H,2-3,5-6H2,1H3. The van der Waals surface area contributed by atoms with Gasteiger partial charge in [0.15, 0.2) is 5.92 Å². The maximum Gasteiger partial charge on any atom is 0.405 e. The first-order valence-corrected chi connectivity index (χ1v) is 4.85. The SMILES string of the molecule is CC1CN(CC(C#N)C(F)(F)F)CCN1. The highest BCUT2D eigenvalue weighted by atomic mass is 19.4. The third-order valence-electron chi connectivity index (χ3n) is 2.44. The third kappa shape index (κ3) is 3.68. The van der Waals surface area contributed by atoms with Crippen LogP contribution in [0.15, 0.2) is 0 Å². The van der Waals surface area contributed by atoms with Crippen LogP contribution in [0.3, 0.4) is 0 Å². The van der Waals surface area contributed by atoms with E-state index >= 15 is 0 Å². The molecule has 86 valence electrons. The lowest BCUT2D eigenvalue weighted by Gasteiger charge is -2.33. The Morgan fingerprint density at radius 1 is 1.60 bits per heavy atom. The molecule has 0 amide bonds. The van der Waals surface area contributed by atoms with Gasteiger partial charge in [0, 0.05) is 32.2 Å². The molecule has 0 aromatic carbocycles. The number of halogens is 3. The van der Waals surface area contributed by atoms with E-state index in [0.717, 1.165) is 0 Å². The Morgan fingerprint density at radius 3 is 2.73 bits per heavy atom. The summed E-state index contributed by atoms with van der Waals surface area (Å²) in [5.41, 5.74) is 0. The van der Waals surface area contributed by atoms with E-state index in [9.17, 15) is 13.2 Å². The summed E-state index contributed by atoms with van der Waals surface area (Å²) in [6, 6.07) is 1.50. The molecule has 1 fully saturated rings. The minimum absolute atomic E-state index is 0.186. The second-order valence-electron chi connectivity index (χ2n) is 3.84. The van der Waals surface area contributed by atoms with E-state index in [-0.39, 0.29) is 12.6 Å². The van der Waals surface area contributed by atoms with Gasteiger partial charge in [-0.25, -0.2) is 0 Å². The van der Waals surface area contributed by atoms with E-state index in [2.05, 4.69) is 5.32 Å². The molecule has 1 saturated heterocycles. The van der Waals surface area contributed by atoms with Crippen molar-refractivity contribution in [1.82, 2.24) is 10.2 Å². The number of alkyl halides is 3. The number of hydrogen-bond donors (Lipinski definition) is 1. The molecule has 0 spiro atoms. The molecule has 6 heteroatoms. The topological polar surface area (TPSA) is 39.1 Å². The summed E-state index contributed by atoms with van der Waals surface area (Å²) in [4.78, 5) is 1.68. The lowest BCUT2D eigenvalue weighted by molar-refractivity contribution is -0.163. The molecule has 2 unspecified atom stereocenters. The average molecular weight is 221 g/mol. The molecule has 2 atom stereocenters. The van der Waals surface area contributed by atoms with Crippen molar-refractivity contribution in [2.24, 2.45) is 5.92 Å². The van der Waals surface area contributed by atoms with Crippen LogP contribution in [0.2, 0.25) is 0 Å². The van der Waals surface area contributed by atoms with Gasteiger partial charge in [-0.05, 0) is 6.92 Å². The van der Waals surface area contributed by atoms with Crippen LogP contribution in [-0.4, -0.2) is 43.3 Å². The zero-order valence-corrected chi connectivity index (χ0v) is 8.51. The molecule has 0 bridgehead atoms. The van der Waals surface area contributed by atoms with E-state index in [1.165, 1.54) is 6.07 Å². The largest absolute Gasteiger partial charge is 0.405 e. The fraction of sp³-hybridized carbons (Fsp3) is 0.889. The van der Waals surface area contributed by atoms with Crippen LogP contribution < -0.4 is 5.32 Å². The molecule has 1 N–H and O–H groups in total. The molecule has 1 heterocycles. The van der Waals surface area contributed by atoms with E-state index in [1.807, 2.05) is 6.92 Å². The van der Waals surface area contributed by atoms with Crippen molar-refractivity contribution in [3.05, 3.63) is 0 Å². The number of nitriles is 1. The highest BCUT2D eigenvalue weighted by Crippen LogP contribution is 2.26. The molecule has 3 nitrogen and oxygen atoms in total. The lowest BCUT2D eigenvalue weighted by atomic mass is 10.1. The molecule has 0 aromatic rings. The van der Waals surface area contributed by atoms with Gasteiger partial charge in [0.05, 0.1) is 6.07 Å². The monoisotopic (exact) mass is 221 g/mol. The van der Waals surface area contributed by atoms with Crippen molar-refractivity contribution in [2.75, 3.05) is 26.2 Å². The highest BCUT2D eigenvalue weighted by molar-refractivity contribution is 4.91. The normalized spacial score (nSPS) is 25.9. The number of piperazine rings is 1. The number of rotatable bonds is 2. The van der Waals surface area contributed by atoms with Crippen LogP contribution in [0.4, 0.5) is 13.2 Å². The fourth-order valence-corrected chi connectivity index (χ4v) is 1.65. The van der Waals surface area contributed by atoms with Gasteiger partial charge in [-0.1, -0.05) is 0 Å². The van der Waals surface area contributed by atoms with Crippen LogP contribution in [0.1, 0.15) is 6.92 Å². The summed E-state index contributed by atoms with van der Waals surface area (Å²) in [6.07, 6.45) is -4.41. The number of nitrogens with zero attached hydrogens (tertiary/aromatic N) is 2. The van der Waals surface area contributed by atoms with Crippen molar-refractivity contribution in [1.29, 1.82) is 5.26 Å². The predicted octanol–water partition coefficient (Wildman–Crippen LogP) is 0.982. The van der Waals surface area contributed by atoms with Crippen LogP contribution >= 0.6 is 0 Å². The first-order valence-electron chi connectivity index (χ1n) is 4.85. The smallest absolute Gasteiger partial charge is 0.312 e. The Bertz CT molecular complexity index is 246. The summed E-state index contributed by atoms with van der Waals surface area (Å²) in [7, 11) is 0. The van der Waals surface area contributed by atoms with Gasteiger partial charge >= 0.3 is 6.18 Å². The molecule has 0 saturated carbocycles. The van der Waals surface area contributed by atoms with Gasteiger partial charge in [-0.2, -0.15) is 18.4 Å². The van der Waals surface area contributed by atoms with E-state index < -0.39 is 12.1 Å². The summed E-state index contributed by atoms with van der Waals surface area (Å²) < 4.78 is 36.9. The second kappa shape index (κ2) is 4.81. The second-order valence-corrected chi connectivity index (χ2v) is 3.84. The van der Waals surface area contributed by atoms with Crippen molar-refractivity contribution >= 4 is 0 Å². The number of hydrogen-bond acceptors (Lipinski definition) is 3. The zero-order valence-electron chi connectivity index (χ0n) is 8.51. The van der Waals surface area contributed by atoms with Gasteiger partial charge in [0.2, 0.25) is 0 Å². The molecule has 0 radical (unpaired) electrons. The van der Waals surface area contributed by atoms with Crippen molar-refractivity contribution in [3.8, 4) is 6.07 Å². The molecular formula is C9H14F3N3. The molecular weight excluding hydrogens is 207 g/mol. The van der Waals surface area contributed by atoms with Crippen LogP contribution in [0.5, 0.6) is 0 Å². The minimum Gasteiger partial charge on any atom is -0.312 e. The molecule has 0 aliphatic carbocycles. The van der Waals surface area contributed by atoms with E-state index in [0.29, 0.717) is 19.6 Å². The molecule has 0 aromatic heterocycles. The van der Waals surface area contributed by atoms with E-state index in [1.54, 1.807) is 4.90 Å². The molecule has 1 rings (SSSR count). The van der Waals surface area contributed by atoms with Gasteiger partial charge in [0.1, 0.15) is 0 Å². The Balaban J connectivity index is 2.49. The maximum absolute atomic E-state index is 12.3. The van der Waals surface area contributed by atoms with Gasteiger partial charge < -0.3 is 5.32 Å². The number of nitrogens with one attached hydrogen (secondary N) is 1. The first-order chi connectivity index (χ1) is 6.93. The van der Waals surface area contributed by atoms with Crippen molar-refractivity contribution < 1.29 is 13.2 Å². The molecule has 15 heavy (non-hydrogen) atoms. The molecule has 1 aliphatic heterocycles. The highest BCUT2D eigenvalue weighted by Gasteiger charge is 2.41. The van der Waals surface area contributed by atoms with Crippen molar-refractivity contribution in [3.63, 3.8) is 0 Å². The Hall–Kier alpha value is -0.800. The van der Waals surface area contributed by atoms with Gasteiger partial charge in [-0.15, -0.1) is 0 Å². The quantitative estimate of drug-likeness (QED) is 0.755. The average Bonchev–Trinajstić information content (AvgIpc) is 2.12. The van der Waals surface area contributed by atoms with Crippen LogP contribution in [-0.2, 0) is 0 Å². The van der Waals surface area contributed by atoms with Gasteiger partial charge in [-0.3, -0.25) is 4.90 Å². The minimum atomic E-state index is -4.41. The Morgan fingerprint density at radius 2 is 2.27 bits per heavy atom. The zero-order chi connectivity index (χ0) is 11.5. The predicted molar refractivity (Wildman–Crippen MR) is 49.1 cm³/mol. The maximum atomic E-state index is 12.3. The van der Waals surface area contributed by atoms with Gasteiger partial charge in [0.25, 0.3) is 0 Å². The summed E-state index contributed by atoms with van der Waals surface area (Å²) in [6.45, 7) is 3.51. The third-order valence-corrected chi connectivity index (χ3v) is 2.44.